The van der Waals surface area contributed by atoms with Gasteiger partial charge in [-0.15, -0.1) is 5.10 Å². The van der Waals surface area contributed by atoms with Gasteiger partial charge in [-0.1, -0.05) is 12.1 Å². The second kappa shape index (κ2) is 9.26. The maximum atomic E-state index is 15.1. The minimum absolute atomic E-state index is 0.0482. The molecule has 5 heterocycles. The van der Waals surface area contributed by atoms with Crippen molar-refractivity contribution in [3.63, 3.8) is 0 Å². The Morgan fingerprint density at radius 3 is 2.85 bits per heavy atom. The van der Waals surface area contributed by atoms with E-state index in [0.717, 1.165) is 27.8 Å². The van der Waals surface area contributed by atoms with Gasteiger partial charge in [-0.2, -0.15) is 0 Å². The highest BCUT2D eigenvalue weighted by molar-refractivity contribution is 5.93. The number of hydrogen-bond acceptors (Lipinski definition) is 9. The lowest BCUT2D eigenvalue weighted by Gasteiger charge is -2.31. The van der Waals surface area contributed by atoms with E-state index in [1.807, 2.05) is 0 Å². The molecule has 0 amide bonds. The number of nitrogens with zero attached hydrogens (tertiary/aromatic N) is 5. The fourth-order valence-corrected chi connectivity index (χ4v) is 6.69. The van der Waals surface area contributed by atoms with Crippen molar-refractivity contribution in [1.29, 1.82) is 0 Å². The highest BCUT2D eigenvalue weighted by Crippen LogP contribution is 2.46. The predicted molar refractivity (Wildman–Crippen MR) is 144 cm³/mol. The first-order valence-corrected chi connectivity index (χ1v) is 13.8. The number of pyridine rings is 2. The van der Waals surface area contributed by atoms with Crippen LogP contribution in [0.5, 0.6) is 0 Å². The van der Waals surface area contributed by atoms with Gasteiger partial charge in [-0.05, 0) is 48.9 Å². The Morgan fingerprint density at radius 1 is 1.24 bits per heavy atom. The molecule has 3 N–H and O–H groups in total. The van der Waals surface area contributed by atoms with E-state index >= 15 is 4.39 Å². The average Bonchev–Trinajstić information content (AvgIpc) is 3.57. The lowest BCUT2D eigenvalue weighted by Crippen LogP contribution is -2.44. The van der Waals surface area contributed by atoms with Gasteiger partial charge in [0.15, 0.2) is 5.60 Å². The number of esters is 1. The first-order valence-electron chi connectivity index (χ1n) is 13.8. The van der Waals surface area contributed by atoms with Crippen molar-refractivity contribution < 1.29 is 24.1 Å². The zero-order valence-electron chi connectivity index (χ0n) is 22.7. The fourth-order valence-electron chi connectivity index (χ4n) is 6.69. The highest BCUT2D eigenvalue weighted by Gasteiger charge is 2.46. The largest absolute Gasteiger partial charge is 0.458 e. The molecule has 12 heteroatoms. The van der Waals surface area contributed by atoms with Crippen molar-refractivity contribution in [2.75, 3.05) is 6.61 Å². The molecule has 2 aliphatic heterocycles. The number of ether oxygens (including phenoxy) is 1. The topological polar surface area (TPSA) is 144 Å². The Hall–Kier alpha value is -4.00. The maximum Gasteiger partial charge on any atom is 0.343 e. The first kappa shape index (κ1) is 25.9. The molecule has 2 atom stereocenters. The summed E-state index contributed by atoms with van der Waals surface area (Å²) in [7, 11) is 0. The van der Waals surface area contributed by atoms with Crippen LogP contribution in [0.25, 0.3) is 22.3 Å². The summed E-state index contributed by atoms with van der Waals surface area (Å²) in [5.74, 6) is -1.11. The summed E-state index contributed by atoms with van der Waals surface area (Å²) in [6.07, 6.45) is 3.06. The Bertz CT molecular complexity index is 1830. The molecule has 0 fully saturated rings. The molecule has 1 aromatic carbocycles. The van der Waals surface area contributed by atoms with Crippen LogP contribution >= 0.6 is 0 Å². The molecule has 0 radical (unpaired) electrons. The third-order valence-corrected chi connectivity index (χ3v) is 8.92. The van der Waals surface area contributed by atoms with Crippen molar-refractivity contribution in [1.82, 2.24) is 29.9 Å². The molecule has 0 spiro atoms. The van der Waals surface area contributed by atoms with E-state index in [2.05, 4.69) is 15.6 Å². The molecule has 1 aliphatic carbocycles. The number of aliphatic hydroxyl groups excluding tert-OH is 1. The third kappa shape index (κ3) is 3.63. The Morgan fingerprint density at radius 2 is 2.07 bits per heavy atom. The second-order valence-electron chi connectivity index (χ2n) is 11.0. The maximum absolute atomic E-state index is 15.1. The Balaban J connectivity index is 1.42. The lowest BCUT2D eigenvalue weighted by molar-refractivity contribution is -0.172. The van der Waals surface area contributed by atoms with E-state index < -0.39 is 11.6 Å². The molecule has 11 nitrogen and oxygen atoms in total. The number of halogens is 1. The van der Waals surface area contributed by atoms with E-state index in [9.17, 15) is 19.8 Å². The molecule has 0 saturated carbocycles. The van der Waals surface area contributed by atoms with Crippen molar-refractivity contribution in [2.24, 2.45) is 0 Å². The number of fused-ring (bicyclic) bond motifs is 5. The molecule has 41 heavy (non-hydrogen) atoms. The van der Waals surface area contributed by atoms with E-state index in [1.54, 1.807) is 35.4 Å². The zero-order valence-corrected chi connectivity index (χ0v) is 22.7. The summed E-state index contributed by atoms with van der Waals surface area (Å²) >= 11 is 0. The van der Waals surface area contributed by atoms with Crippen LogP contribution in [0.2, 0.25) is 0 Å². The number of rotatable bonds is 6. The summed E-state index contributed by atoms with van der Waals surface area (Å²) in [6, 6.07) is 2.98. The summed E-state index contributed by atoms with van der Waals surface area (Å²) in [6.45, 7) is 4.21. The minimum Gasteiger partial charge on any atom is -0.458 e. The number of nitrogens with one attached hydrogen (secondary N) is 1. The molecule has 0 unspecified atom stereocenters. The van der Waals surface area contributed by atoms with Crippen LogP contribution in [-0.4, -0.2) is 47.3 Å². The average molecular weight is 561 g/mol. The standard InChI is InChI=1S/C29H29FN6O5/c1-3-29(40)19-8-23-26-17(12-35(23)27(38)18(19)13-41-28(29)39)25-21(31-10-15-11-32-34-36(15)6-7-37)5-4-16-14(2)20(30)9-22(33-26)24(16)25/h8-9,11,21,31,37,40H,3-7,10,12-13H2,1-2H3/t21-,29-/m0/s1. The lowest BCUT2D eigenvalue weighted by atomic mass is 9.81. The molecule has 212 valence electrons. The molecule has 0 saturated heterocycles. The monoisotopic (exact) mass is 560 g/mol. The van der Waals surface area contributed by atoms with Gasteiger partial charge in [0.1, 0.15) is 12.4 Å². The Kier molecular flexibility index (Phi) is 5.86. The van der Waals surface area contributed by atoms with E-state index in [4.69, 9.17) is 9.72 Å². The van der Waals surface area contributed by atoms with Gasteiger partial charge in [-0.25, -0.2) is 18.9 Å². The van der Waals surface area contributed by atoms with Gasteiger partial charge >= 0.3 is 5.97 Å². The number of carbonyl (C=O) groups is 1. The number of hydrogen-bond donors (Lipinski definition) is 3. The number of benzene rings is 1. The number of aromatic nitrogens is 5. The van der Waals surface area contributed by atoms with Gasteiger partial charge in [0, 0.05) is 35.2 Å². The number of carbonyl (C=O) groups excluding carboxylic acids is 1. The fraction of sp³-hybridized carbons (Fsp3) is 0.414. The van der Waals surface area contributed by atoms with Crippen molar-refractivity contribution >= 4 is 16.9 Å². The van der Waals surface area contributed by atoms with E-state index in [1.165, 1.54) is 6.07 Å². The van der Waals surface area contributed by atoms with Gasteiger partial charge in [0.25, 0.3) is 5.56 Å². The van der Waals surface area contributed by atoms with Gasteiger partial charge in [0.05, 0.1) is 54.1 Å². The van der Waals surface area contributed by atoms with Crippen LogP contribution in [0.3, 0.4) is 0 Å². The quantitative estimate of drug-likeness (QED) is 0.265. The summed E-state index contributed by atoms with van der Waals surface area (Å²) in [5, 5.41) is 33.1. The summed E-state index contributed by atoms with van der Waals surface area (Å²) in [4.78, 5) is 31.2. The first-order chi connectivity index (χ1) is 19.8. The van der Waals surface area contributed by atoms with E-state index in [0.29, 0.717) is 48.4 Å². The third-order valence-electron chi connectivity index (χ3n) is 8.92. The highest BCUT2D eigenvalue weighted by atomic mass is 19.1. The van der Waals surface area contributed by atoms with Crippen LogP contribution in [0, 0.1) is 12.7 Å². The number of cyclic esters (lactones) is 1. The van der Waals surface area contributed by atoms with Crippen LogP contribution in [-0.2, 0) is 47.8 Å². The summed E-state index contributed by atoms with van der Waals surface area (Å²) in [5.41, 5.74) is 3.91. The molecular formula is C29H29FN6O5. The van der Waals surface area contributed by atoms with Crippen LogP contribution in [0.15, 0.2) is 23.1 Å². The van der Waals surface area contributed by atoms with Gasteiger partial charge in [-0.3, -0.25) is 4.79 Å². The van der Waals surface area contributed by atoms with Crippen LogP contribution < -0.4 is 10.9 Å². The molecular weight excluding hydrogens is 531 g/mol. The molecule has 0 bridgehead atoms. The molecule has 4 aromatic rings. The van der Waals surface area contributed by atoms with Gasteiger partial charge < -0.3 is 24.8 Å². The Labute approximate surface area is 233 Å². The van der Waals surface area contributed by atoms with Crippen LogP contribution in [0.1, 0.15) is 64.9 Å². The smallest absolute Gasteiger partial charge is 0.343 e. The summed E-state index contributed by atoms with van der Waals surface area (Å²) < 4.78 is 23.6. The van der Waals surface area contributed by atoms with Crippen molar-refractivity contribution in [2.45, 2.75) is 71.0 Å². The van der Waals surface area contributed by atoms with Crippen LogP contribution in [0.4, 0.5) is 4.39 Å². The molecule has 7 rings (SSSR count). The predicted octanol–water partition coefficient (Wildman–Crippen LogP) is 1.89. The second-order valence-corrected chi connectivity index (χ2v) is 11.0. The van der Waals surface area contributed by atoms with E-state index in [-0.39, 0.29) is 54.7 Å². The zero-order chi connectivity index (χ0) is 28.6. The van der Waals surface area contributed by atoms with Crippen molar-refractivity contribution in [3.05, 3.63) is 73.6 Å². The molecule has 3 aromatic heterocycles. The number of aryl methyl sites for hydroxylation is 1. The normalized spacial score (nSPS) is 20.6. The molecule has 3 aliphatic rings. The SMILES string of the molecule is CC[C@@]1(O)C(=O)OCc2c1cc1n(c2=O)Cc2c-1nc1cc(F)c(C)c3c1c2[C@@H](NCc1cnnn1CCO)CC3. The number of aliphatic hydroxyl groups is 2. The van der Waals surface area contributed by atoms with Gasteiger partial charge in [0.2, 0.25) is 0 Å². The van der Waals surface area contributed by atoms with Crippen molar-refractivity contribution in [3.8, 4) is 11.4 Å². The minimum atomic E-state index is -1.93.